The standard InChI is InChI=1S/C22H25N3O3S.ClH/c1-3-24(4-2)10-11-25(21(26)16-8-6-5-7-9-16)22-23-17-14-18-19(15-20(17)29-22)28-13-12-27-18;/h5-9,14-15H,3-4,10-13H2,1-2H3;1H. The number of halogens is 1. The Labute approximate surface area is 186 Å². The van der Waals surface area contributed by atoms with Crippen LogP contribution in [0.5, 0.6) is 11.5 Å². The minimum absolute atomic E-state index is 0. The molecule has 8 heteroatoms. The fourth-order valence-electron chi connectivity index (χ4n) is 3.37. The van der Waals surface area contributed by atoms with Crippen LogP contribution in [0.25, 0.3) is 10.2 Å². The van der Waals surface area contributed by atoms with E-state index in [9.17, 15) is 4.79 Å². The van der Waals surface area contributed by atoms with Crippen molar-refractivity contribution < 1.29 is 14.3 Å². The zero-order chi connectivity index (χ0) is 20.2. The normalized spacial score (nSPS) is 12.6. The Morgan fingerprint density at radius 1 is 1.03 bits per heavy atom. The molecule has 2 aromatic carbocycles. The third-order valence-electron chi connectivity index (χ3n) is 5.07. The molecule has 1 aliphatic heterocycles. The summed E-state index contributed by atoms with van der Waals surface area (Å²) >= 11 is 1.51. The van der Waals surface area contributed by atoms with E-state index in [0.29, 0.717) is 36.2 Å². The van der Waals surface area contributed by atoms with Gasteiger partial charge in [0.25, 0.3) is 5.91 Å². The Bertz CT molecular complexity index is 949. The van der Waals surface area contributed by atoms with Crippen molar-refractivity contribution in [2.24, 2.45) is 0 Å². The van der Waals surface area contributed by atoms with Gasteiger partial charge in [-0.15, -0.1) is 12.4 Å². The number of nitrogens with zero attached hydrogens (tertiary/aromatic N) is 3. The van der Waals surface area contributed by atoms with Gasteiger partial charge in [-0.3, -0.25) is 9.69 Å². The molecule has 2 heterocycles. The molecule has 0 fully saturated rings. The molecular formula is C22H26ClN3O3S. The van der Waals surface area contributed by atoms with E-state index in [-0.39, 0.29) is 18.3 Å². The Balaban J connectivity index is 0.00000256. The number of likely N-dealkylation sites (N-methyl/N-ethyl adjacent to an activating group) is 1. The highest BCUT2D eigenvalue weighted by Gasteiger charge is 2.23. The monoisotopic (exact) mass is 447 g/mol. The summed E-state index contributed by atoms with van der Waals surface area (Å²) < 4.78 is 12.4. The predicted octanol–water partition coefficient (Wildman–Crippen LogP) is 4.48. The molecule has 0 atom stereocenters. The molecule has 1 aliphatic rings. The lowest BCUT2D eigenvalue weighted by molar-refractivity contribution is 0.0984. The number of aromatic nitrogens is 1. The van der Waals surface area contributed by atoms with E-state index in [1.807, 2.05) is 42.5 Å². The minimum atomic E-state index is -0.0333. The zero-order valence-corrected chi connectivity index (χ0v) is 18.8. The molecule has 0 spiro atoms. The molecule has 0 bridgehead atoms. The average molecular weight is 448 g/mol. The second-order valence-corrected chi connectivity index (χ2v) is 7.82. The van der Waals surface area contributed by atoms with Crippen LogP contribution in [-0.4, -0.2) is 55.2 Å². The molecule has 1 amide bonds. The smallest absolute Gasteiger partial charge is 0.260 e. The van der Waals surface area contributed by atoms with E-state index >= 15 is 0 Å². The largest absolute Gasteiger partial charge is 0.486 e. The lowest BCUT2D eigenvalue weighted by Gasteiger charge is -2.24. The number of amides is 1. The highest BCUT2D eigenvalue weighted by Crippen LogP contribution is 2.39. The number of ether oxygens (including phenoxy) is 2. The first-order valence-corrected chi connectivity index (χ1v) is 10.8. The van der Waals surface area contributed by atoms with Gasteiger partial charge >= 0.3 is 0 Å². The number of thiazole rings is 1. The van der Waals surface area contributed by atoms with E-state index < -0.39 is 0 Å². The molecule has 0 radical (unpaired) electrons. The van der Waals surface area contributed by atoms with E-state index in [1.165, 1.54) is 11.3 Å². The first-order chi connectivity index (χ1) is 14.2. The number of benzene rings is 2. The fraction of sp³-hybridized carbons (Fsp3) is 0.364. The molecule has 30 heavy (non-hydrogen) atoms. The van der Waals surface area contributed by atoms with Gasteiger partial charge in [0, 0.05) is 30.8 Å². The SMILES string of the molecule is CCN(CC)CCN(C(=O)c1ccccc1)c1nc2cc3c(cc2s1)OCCO3.Cl. The third kappa shape index (κ3) is 4.69. The summed E-state index contributed by atoms with van der Waals surface area (Å²) in [4.78, 5) is 22.2. The zero-order valence-electron chi connectivity index (χ0n) is 17.2. The second kappa shape index (κ2) is 10.1. The summed E-state index contributed by atoms with van der Waals surface area (Å²) in [6.07, 6.45) is 0. The van der Waals surface area contributed by atoms with Gasteiger partial charge in [-0.05, 0) is 25.2 Å². The summed E-state index contributed by atoms with van der Waals surface area (Å²) in [5.74, 6) is 1.42. The number of carbonyl (C=O) groups is 1. The molecule has 0 N–H and O–H groups in total. The lowest BCUT2D eigenvalue weighted by Crippen LogP contribution is -2.38. The molecular weight excluding hydrogens is 422 g/mol. The molecule has 160 valence electrons. The molecule has 3 aromatic rings. The van der Waals surface area contributed by atoms with Crippen LogP contribution < -0.4 is 14.4 Å². The van der Waals surface area contributed by atoms with E-state index in [0.717, 1.165) is 35.6 Å². The molecule has 0 unspecified atom stereocenters. The van der Waals surface area contributed by atoms with Gasteiger partial charge < -0.3 is 14.4 Å². The Morgan fingerprint density at radius 3 is 2.37 bits per heavy atom. The number of hydrogen-bond donors (Lipinski definition) is 0. The van der Waals surface area contributed by atoms with Gasteiger partial charge in [0.2, 0.25) is 0 Å². The summed E-state index contributed by atoms with van der Waals surface area (Å²) in [5, 5.41) is 0.698. The molecule has 6 nitrogen and oxygen atoms in total. The summed E-state index contributed by atoms with van der Waals surface area (Å²) in [6.45, 7) is 8.64. The first kappa shape index (κ1) is 22.3. The van der Waals surface area contributed by atoms with Gasteiger partial charge in [0.05, 0.1) is 10.2 Å². The maximum Gasteiger partial charge on any atom is 0.260 e. The van der Waals surface area contributed by atoms with Crippen LogP contribution in [0.15, 0.2) is 42.5 Å². The molecule has 0 saturated heterocycles. The highest BCUT2D eigenvalue weighted by atomic mass is 35.5. The van der Waals surface area contributed by atoms with Crippen molar-refractivity contribution in [3.63, 3.8) is 0 Å². The first-order valence-electron chi connectivity index (χ1n) is 9.99. The minimum Gasteiger partial charge on any atom is -0.486 e. The van der Waals surface area contributed by atoms with Crippen molar-refractivity contribution >= 4 is 45.0 Å². The van der Waals surface area contributed by atoms with Crippen LogP contribution in [0.3, 0.4) is 0 Å². The van der Waals surface area contributed by atoms with E-state index in [4.69, 9.17) is 14.5 Å². The van der Waals surface area contributed by atoms with Gasteiger partial charge in [-0.1, -0.05) is 43.4 Å². The Kier molecular flexibility index (Phi) is 7.53. The average Bonchev–Trinajstić information content (AvgIpc) is 3.17. The lowest BCUT2D eigenvalue weighted by atomic mass is 10.2. The van der Waals surface area contributed by atoms with Crippen LogP contribution in [0.4, 0.5) is 5.13 Å². The molecule has 4 rings (SSSR count). The quantitative estimate of drug-likeness (QED) is 0.534. The summed E-state index contributed by atoms with van der Waals surface area (Å²) in [6, 6.07) is 13.2. The van der Waals surface area contributed by atoms with Crippen LogP contribution in [0.1, 0.15) is 24.2 Å². The number of hydrogen-bond acceptors (Lipinski definition) is 6. The summed E-state index contributed by atoms with van der Waals surface area (Å²) in [7, 11) is 0. The van der Waals surface area contributed by atoms with Crippen molar-refractivity contribution in [3.8, 4) is 11.5 Å². The topological polar surface area (TPSA) is 54.9 Å². The molecule has 1 aromatic heterocycles. The maximum atomic E-state index is 13.3. The highest BCUT2D eigenvalue weighted by molar-refractivity contribution is 7.22. The van der Waals surface area contributed by atoms with Crippen molar-refractivity contribution in [1.82, 2.24) is 9.88 Å². The third-order valence-corrected chi connectivity index (χ3v) is 6.11. The van der Waals surface area contributed by atoms with Crippen molar-refractivity contribution in [2.45, 2.75) is 13.8 Å². The second-order valence-electron chi connectivity index (χ2n) is 6.81. The predicted molar refractivity (Wildman–Crippen MR) is 124 cm³/mol. The van der Waals surface area contributed by atoms with Crippen LogP contribution in [-0.2, 0) is 0 Å². The van der Waals surface area contributed by atoms with Crippen LogP contribution in [0, 0.1) is 0 Å². The number of carbonyl (C=O) groups excluding carboxylic acids is 1. The Hall–Kier alpha value is -2.35. The van der Waals surface area contributed by atoms with Crippen LogP contribution in [0.2, 0.25) is 0 Å². The van der Waals surface area contributed by atoms with E-state index in [1.54, 1.807) is 4.90 Å². The number of rotatable bonds is 7. The van der Waals surface area contributed by atoms with Gasteiger partial charge in [-0.2, -0.15) is 0 Å². The van der Waals surface area contributed by atoms with Gasteiger partial charge in [-0.25, -0.2) is 4.98 Å². The summed E-state index contributed by atoms with van der Waals surface area (Å²) in [5.41, 5.74) is 1.49. The van der Waals surface area contributed by atoms with Crippen molar-refractivity contribution in [1.29, 1.82) is 0 Å². The molecule has 0 aliphatic carbocycles. The van der Waals surface area contributed by atoms with Gasteiger partial charge in [0.1, 0.15) is 13.2 Å². The number of fused-ring (bicyclic) bond motifs is 2. The van der Waals surface area contributed by atoms with Crippen molar-refractivity contribution in [3.05, 3.63) is 48.0 Å². The van der Waals surface area contributed by atoms with Gasteiger partial charge in [0.15, 0.2) is 16.6 Å². The maximum absolute atomic E-state index is 13.3. The fourth-order valence-corrected chi connectivity index (χ4v) is 4.37. The van der Waals surface area contributed by atoms with Crippen LogP contribution >= 0.6 is 23.7 Å². The molecule has 0 saturated carbocycles. The Morgan fingerprint density at radius 2 is 1.70 bits per heavy atom. The number of anilines is 1. The van der Waals surface area contributed by atoms with E-state index in [2.05, 4.69) is 18.7 Å². The van der Waals surface area contributed by atoms with Crippen molar-refractivity contribution in [2.75, 3.05) is 44.3 Å².